The first kappa shape index (κ1) is 28.1. The van der Waals surface area contributed by atoms with Crippen LogP contribution in [0.4, 0.5) is 0 Å². The summed E-state index contributed by atoms with van der Waals surface area (Å²) in [5.74, 6) is -2.70. The van der Waals surface area contributed by atoms with Gasteiger partial charge in [-0.1, -0.05) is 47.6 Å². The van der Waals surface area contributed by atoms with Crippen LogP contribution in [0.5, 0.6) is 0 Å². The molecule has 3 amide bonds. The number of oxime groups is 1. The van der Waals surface area contributed by atoms with Gasteiger partial charge in [0, 0.05) is 31.5 Å². The number of nitrogens with one attached hydrogen (secondary N) is 2. The van der Waals surface area contributed by atoms with Crippen molar-refractivity contribution in [2.75, 3.05) is 13.6 Å². The summed E-state index contributed by atoms with van der Waals surface area (Å²) in [6.07, 6.45) is 8.77. The molecular formula is C29H36N4O6S. The molecule has 214 valence electrons. The van der Waals surface area contributed by atoms with Gasteiger partial charge in [-0.3, -0.25) is 19.1 Å². The maximum Gasteiger partial charge on any atom is 0.259 e. The number of likely N-dealkylation sites (N-methyl/N-ethyl adjacent to an activating group) is 1. The minimum atomic E-state index is -3.79. The molecule has 2 fully saturated rings. The molecule has 40 heavy (non-hydrogen) atoms. The van der Waals surface area contributed by atoms with Crippen molar-refractivity contribution in [3.63, 3.8) is 0 Å². The normalized spacial score (nSPS) is 30.2. The molecule has 2 N–H and O–H groups in total. The lowest BCUT2D eigenvalue weighted by molar-refractivity contribution is -0.133. The molecule has 4 atom stereocenters. The molecule has 0 spiro atoms. The lowest BCUT2D eigenvalue weighted by atomic mass is 9.97. The molecule has 1 aromatic rings. The first-order valence-electron chi connectivity index (χ1n) is 13.9. The average molecular weight is 569 g/mol. The second-order valence-electron chi connectivity index (χ2n) is 11.2. The number of carbonyl (C=O) groups is 3. The van der Waals surface area contributed by atoms with Crippen LogP contribution in [-0.2, 0) is 29.2 Å². The summed E-state index contributed by atoms with van der Waals surface area (Å²) in [7, 11) is -2.08. The van der Waals surface area contributed by atoms with Gasteiger partial charge in [0.05, 0.1) is 16.9 Å². The third-order valence-corrected chi connectivity index (χ3v) is 9.90. The number of sulfonamides is 1. The Balaban J connectivity index is 1.38. The van der Waals surface area contributed by atoms with Crippen LogP contribution in [0.2, 0.25) is 0 Å². The predicted molar refractivity (Wildman–Crippen MR) is 149 cm³/mol. The Labute approximate surface area is 234 Å². The van der Waals surface area contributed by atoms with Gasteiger partial charge in [-0.2, -0.15) is 0 Å². The Bertz CT molecular complexity index is 1370. The largest absolute Gasteiger partial charge is 0.388 e. The van der Waals surface area contributed by atoms with Crippen molar-refractivity contribution in [3.05, 3.63) is 59.7 Å². The fourth-order valence-electron chi connectivity index (χ4n) is 5.33. The molecule has 10 nitrogen and oxygen atoms in total. The number of nitrogens with zero attached hydrogens (tertiary/aromatic N) is 2. The summed E-state index contributed by atoms with van der Waals surface area (Å²) in [4.78, 5) is 47.8. The highest BCUT2D eigenvalue weighted by molar-refractivity contribution is 7.91. The number of allylic oxidation sites excluding steroid dienone is 1. The molecule has 4 aliphatic rings. The zero-order valence-electron chi connectivity index (χ0n) is 22.8. The molecule has 1 aromatic carbocycles. The fraction of sp³-hybridized carbons (Fsp3) is 0.517. The van der Waals surface area contributed by atoms with Crippen LogP contribution in [0.25, 0.3) is 0 Å². The zero-order valence-corrected chi connectivity index (χ0v) is 23.7. The topological polar surface area (TPSA) is 134 Å². The van der Waals surface area contributed by atoms with Crippen LogP contribution in [0.15, 0.2) is 59.3 Å². The molecule has 0 aromatic heterocycles. The average Bonchev–Trinajstić information content (AvgIpc) is 3.86. The van der Waals surface area contributed by atoms with Gasteiger partial charge in [-0.05, 0) is 57.1 Å². The van der Waals surface area contributed by atoms with E-state index in [0.29, 0.717) is 37.1 Å². The zero-order chi connectivity index (χ0) is 28.5. The minimum absolute atomic E-state index is 0.172. The van der Waals surface area contributed by atoms with E-state index in [0.717, 1.165) is 24.8 Å². The number of hydrogen-bond donors (Lipinski definition) is 2. The highest BCUT2D eigenvalue weighted by Crippen LogP contribution is 2.46. The third kappa shape index (κ3) is 5.99. The third-order valence-electron chi connectivity index (χ3n) is 8.08. The maximum absolute atomic E-state index is 13.7. The quantitative estimate of drug-likeness (QED) is 0.308. The Hall–Kier alpha value is -3.47. The number of hydrogen-bond acceptors (Lipinski definition) is 7. The molecular weight excluding hydrogens is 532 g/mol. The number of benzene rings is 1. The van der Waals surface area contributed by atoms with E-state index in [1.165, 1.54) is 0 Å². The van der Waals surface area contributed by atoms with Gasteiger partial charge in [0.2, 0.25) is 21.8 Å². The fourth-order valence-corrected chi connectivity index (χ4v) is 6.69. The lowest BCUT2D eigenvalue weighted by Crippen LogP contribution is -2.54. The van der Waals surface area contributed by atoms with Gasteiger partial charge < -0.3 is 15.1 Å². The van der Waals surface area contributed by atoms with Crippen LogP contribution < -0.4 is 10.0 Å². The summed E-state index contributed by atoms with van der Waals surface area (Å²) in [6.45, 7) is 2.36. The summed E-state index contributed by atoms with van der Waals surface area (Å²) >= 11 is 0. The van der Waals surface area contributed by atoms with Crippen molar-refractivity contribution < 1.29 is 27.6 Å². The summed E-state index contributed by atoms with van der Waals surface area (Å²) in [5.41, 5.74) is 0.469. The van der Waals surface area contributed by atoms with Gasteiger partial charge in [0.1, 0.15) is 11.6 Å². The molecule has 5 rings (SSSR count). The molecule has 11 heteroatoms. The van der Waals surface area contributed by atoms with E-state index in [1.54, 1.807) is 18.0 Å². The standard InChI is InChI=1S/C29H36N4O6S/c1-19(20-10-6-5-7-11-20)31-39-22-16-24-25(17-22)27(35)33(2)15-9-4-3-8-12-21-18-29(21,30-26(24)34)28(36)32-40(37,38)23-13-14-23/h5-8,10-12,17,21-24H,3-4,9,13-16,18H2,1-2H3,(H,30,34)(H,32,36)/b12-8-,31-19+/t21-,22+,24+,29+/m0/s1. The first-order chi connectivity index (χ1) is 19.1. The van der Waals surface area contributed by atoms with Crippen LogP contribution in [-0.4, -0.2) is 67.2 Å². The summed E-state index contributed by atoms with van der Waals surface area (Å²) in [6, 6.07) is 9.53. The van der Waals surface area contributed by atoms with Crippen molar-refractivity contribution in [2.24, 2.45) is 17.0 Å². The van der Waals surface area contributed by atoms with Crippen molar-refractivity contribution in [1.82, 2.24) is 14.9 Å². The second kappa shape index (κ2) is 11.2. The monoisotopic (exact) mass is 568 g/mol. The van der Waals surface area contributed by atoms with E-state index in [1.807, 2.05) is 49.4 Å². The Morgan fingerprint density at radius 1 is 1.18 bits per heavy atom. The van der Waals surface area contributed by atoms with E-state index < -0.39 is 44.6 Å². The molecule has 0 unspecified atom stereocenters. The van der Waals surface area contributed by atoms with Gasteiger partial charge >= 0.3 is 0 Å². The Morgan fingerprint density at radius 3 is 2.65 bits per heavy atom. The van der Waals surface area contributed by atoms with Crippen molar-refractivity contribution >= 4 is 33.5 Å². The van der Waals surface area contributed by atoms with E-state index in [4.69, 9.17) is 4.84 Å². The lowest BCUT2D eigenvalue weighted by Gasteiger charge is -2.24. The number of amides is 3. The molecule has 1 heterocycles. The minimum Gasteiger partial charge on any atom is -0.388 e. The SMILES string of the molecule is C/C(=N\O[C@H]1C=C2C(=O)N(C)CCCC/C=C\[C@H]3C[C@@]3(C(=O)NS(=O)(=O)C3CC3)NC(=O)[C@@H]2C1)c1ccccc1. The van der Waals surface area contributed by atoms with Gasteiger partial charge in [0.25, 0.3) is 5.91 Å². The van der Waals surface area contributed by atoms with Crippen LogP contribution >= 0.6 is 0 Å². The van der Waals surface area contributed by atoms with Crippen LogP contribution in [0, 0.1) is 11.8 Å². The number of fused-ring (bicyclic) bond motifs is 2. The number of rotatable bonds is 6. The molecule has 3 aliphatic carbocycles. The maximum atomic E-state index is 13.7. The molecule has 2 saturated carbocycles. The Morgan fingerprint density at radius 2 is 1.93 bits per heavy atom. The molecule has 1 aliphatic heterocycles. The van der Waals surface area contributed by atoms with E-state index in [-0.39, 0.29) is 18.2 Å². The van der Waals surface area contributed by atoms with Gasteiger partial charge in [0.15, 0.2) is 0 Å². The van der Waals surface area contributed by atoms with E-state index in [9.17, 15) is 22.8 Å². The number of carbonyl (C=O) groups excluding carboxylic acids is 3. The molecule has 0 radical (unpaired) electrons. The molecule has 0 bridgehead atoms. The van der Waals surface area contributed by atoms with Crippen molar-refractivity contribution in [2.45, 2.75) is 68.8 Å². The first-order valence-corrected chi connectivity index (χ1v) is 15.4. The molecule has 0 saturated heterocycles. The Kier molecular flexibility index (Phi) is 7.85. The summed E-state index contributed by atoms with van der Waals surface area (Å²) < 4.78 is 27.3. The smallest absolute Gasteiger partial charge is 0.259 e. The van der Waals surface area contributed by atoms with E-state index >= 15 is 0 Å². The second-order valence-corrected chi connectivity index (χ2v) is 13.2. The highest BCUT2D eigenvalue weighted by atomic mass is 32.2. The predicted octanol–water partition coefficient (Wildman–Crippen LogP) is 2.42. The van der Waals surface area contributed by atoms with Gasteiger partial charge in [-0.25, -0.2) is 8.42 Å². The van der Waals surface area contributed by atoms with Gasteiger partial charge in [-0.15, -0.1) is 0 Å². The van der Waals surface area contributed by atoms with E-state index in [2.05, 4.69) is 15.2 Å². The van der Waals surface area contributed by atoms with Crippen molar-refractivity contribution in [3.8, 4) is 0 Å². The van der Waals surface area contributed by atoms with Crippen LogP contribution in [0.1, 0.15) is 57.4 Å². The van der Waals surface area contributed by atoms with Crippen LogP contribution in [0.3, 0.4) is 0 Å². The summed E-state index contributed by atoms with van der Waals surface area (Å²) in [5, 5.41) is 6.53. The van der Waals surface area contributed by atoms with Crippen molar-refractivity contribution in [1.29, 1.82) is 0 Å². The highest BCUT2D eigenvalue weighted by Gasteiger charge is 2.61.